The first-order chi connectivity index (χ1) is 10.6. The lowest BCUT2D eigenvalue weighted by molar-refractivity contribution is -0.138. The second kappa shape index (κ2) is 6.41. The van der Waals surface area contributed by atoms with Gasteiger partial charge in [0.25, 0.3) is 0 Å². The fourth-order valence-corrected chi connectivity index (χ4v) is 3.79. The van der Waals surface area contributed by atoms with Crippen molar-refractivity contribution in [3.63, 3.8) is 0 Å². The highest BCUT2D eigenvalue weighted by atomic mass is 79.9. The van der Waals surface area contributed by atoms with Crippen LogP contribution in [-0.2, 0) is 9.59 Å². The number of hydrogen-bond donors (Lipinski definition) is 1. The number of nitrogens with two attached hydrogens (primary N) is 1. The van der Waals surface area contributed by atoms with Gasteiger partial charge in [0.05, 0.1) is 6.54 Å². The molecule has 4 nitrogen and oxygen atoms in total. The summed E-state index contributed by atoms with van der Waals surface area (Å²) < 4.78 is 1.04. The Morgan fingerprint density at radius 3 is 2.41 bits per heavy atom. The first-order valence-electron chi connectivity index (χ1n) is 7.90. The molecule has 2 N–H and O–H groups in total. The van der Waals surface area contributed by atoms with Crippen molar-refractivity contribution in [2.45, 2.75) is 44.1 Å². The van der Waals surface area contributed by atoms with Crippen LogP contribution in [0.2, 0.25) is 0 Å². The van der Waals surface area contributed by atoms with E-state index in [-0.39, 0.29) is 30.3 Å². The van der Waals surface area contributed by atoms with Crippen LogP contribution < -0.4 is 5.73 Å². The minimum atomic E-state index is -0.416. The van der Waals surface area contributed by atoms with Gasteiger partial charge >= 0.3 is 0 Å². The Labute approximate surface area is 139 Å². The lowest BCUT2D eigenvalue weighted by Gasteiger charge is -2.28. The topological polar surface area (TPSA) is 63.4 Å². The largest absolute Gasteiger partial charge is 0.368 e. The van der Waals surface area contributed by atoms with Gasteiger partial charge in [0.1, 0.15) is 0 Å². The summed E-state index contributed by atoms with van der Waals surface area (Å²) in [6, 6.07) is 8.35. The summed E-state index contributed by atoms with van der Waals surface area (Å²) in [6.45, 7) is 0.0626. The standard InChI is InChI=1S/C17H21BrN2O2/c18-12-7-5-11(6-8-12)14-9-15(14)17(22)20(10-16(19)21)13-3-1-2-4-13/h5-8,13-15H,1-4,9-10H2,(H2,19,21)/t14-,15-/m1/s1. The zero-order valence-corrected chi connectivity index (χ0v) is 14.1. The van der Waals surface area contributed by atoms with Gasteiger partial charge in [0.15, 0.2) is 0 Å². The van der Waals surface area contributed by atoms with Crippen molar-refractivity contribution < 1.29 is 9.59 Å². The smallest absolute Gasteiger partial charge is 0.237 e. The van der Waals surface area contributed by atoms with Gasteiger partial charge in [-0.2, -0.15) is 0 Å². The van der Waals surface area contributed by atoms with Crippen LogP contribution in [0.4, 0.5) is 0 Å². The van der Waals surface area contributed by atoms with Crippen molar-refractivity contribution in [2.24, 2.45) is 11.7 Å². The van der Waals surface area contributed by atoms with Crippen molar-refractivity contribution >= 4 is 27.7 Å². The van der Waals surface area contributed by atoms with Crippen molar-refractivity contribution in [1.82, 2.24) is 4.90 Å². The van der Waals surface area contributed by atoms with Crippen molar-refractivity contribution in [3.8, 4) is 0 Å². The maximum atomic E-state index is 12.8. The summed E-state index contributed by atoms with van der Waals surface area (Å²) in [5.74, 6) is -0.00165. The molecule has 0 aliphatic heterocycles. The quantitative estimate of drug-likeness (QED) is 0.872. The molecule has 1 aromatic rings. The van der Waals surface area contributed by atoms with E-state index in [9.17, 15) is 9.59 Å². The minimum Gasteiger partial charge on any atom is -0.368 e. The molecule has 2 atom stereocenters. The molecule has 0 bridgehead atoms. The van der Waals surface area contributed by atoms with E-state index in [1.165, 1.54) is 5.56 Å². The third-order valence-corrected chi connectivity index (χ3v) is 5.31. The van der Waals surface area contributed by atoms with Gasteiger partial charge in [-0.3, -0.25) is 9.59 Å². The van der Waals surface area contributed by atoms with Crippen molar-refractivity contribution in [3.05, 3.63) is 34.3 Å². The summed E-state index contributed by atoms with van der Waals surface area (Å²) in [5.41, 5.74) is 6.54. The van der Waals surface area contributed by atoms with Crippen LogP contribution in [0.15, 0.2) is 28.7 Å². The van der Waals surface area contributed by atoms with Gasteiger partial charge < -0.3 is 10.6 Å². The third kappa shape index (κ3) is 3.35. The number of halogens is 1. The second-order valence-corrected chi connectivity index (χ2v) is 7.29. The van der Waals surface area contributed by atoms with Gasteiger partial charge in [-0.15, -0.1) is 0 Å². The molecule has 0 saturated heterocycles. The molecule has 0 radical (unpaired) electrons. The molecule has 118 valence electrons. The Balaban J connectivity index is 1.69. The van der Waals surface area contributed by atoms with E-state index in [2.05, 4.69) is 28.1 Å². The molecule has 5 heteroatoms. The van der Waals surface area contributed by atoms with Crippen LogP contribution in [0, 0.1) is 5.92 Å². The van der Waals surface area contributed by atoms with Crippen LogP contribution in [0.25, 0.3) is 0 Å². The van der Waals surface area contributed by atoms with Gasteiger partial charge in [0, 0.05) is 16.4 Å². The number of amides is 2. The van der Waals surface area contributed by atoms with Crippen LogP contribution in [0.1, 0.15) is 43.6 Å². The van der Waals surface area contributed by atoms with E-state index in [0.29, 0.717) is 0 Å². The lowest BCUT2D eigenvalue weighted by Crippen LogP contribution is -2.45. The molecule has 2 amide bonds. The minimum absolute atomic E-state index is 0.0149. The summed E-state index contributed by atoms with van der Waals surface area (Å²) in [5, 5.41) is 0. The van der Waals surface area contributed by atoms with Crippen LogP contribution >= 0.6 is 15.9 Å². The molecular weight excluding hydrogens is 344 g/mol. The molecule has 0 aromatic heterocycles. The number of carbonyl (C=O) groups excluding carboxylic acids is 2. The number of nitrogens with zero attached hydrogens (tertiary/aromatic N) is 1. The molecule has 0 heterocycles. The van der Waals surface area contributed by atoms with E-state index >= 15 is 0 Å². The predicted octanol–water partition coefficient (Wildman–Crippen LogP) is 2.81. The molecule has 1 aromatic carbocycles. The summed E-state index contributed by atoms with van der Waals surface area (Å²) in [7, 11) is 0. The number of benzene rings is 1. The first kappa shape index (κ1) is 15.5. The molecule has 2 aliphatic rings. The van der Waals surface area contributed by atoms with E-state index < -0.39 is 5.91 Å². The molecular formula is C17H21BrN2O2. The summed E-state index contributed by atoms with van der Waals surface area (Å²) in [6.07, 6.45) is 5.13. The highest BCUT2D eigenvalue weighted by Crippen LogP contribution is 2.49. The monoisotopic (exact) mass is 364 g/mol. The predicted molar refractivity (Wildman–Crippen MR) is 88.2 cm³/mol. The zero-order chi connectivity index (χ0) is 15.7. The van der Waals surface area contributed by atoms with E-state index in [1.807, 2.05) is 12.1 Å². The average molecular weight is 365 g/mol. The molecule has 2 aliphatic carbocycles. The summed E-state index contributed by atoms with van der Waals surface area (Å²) in [4.78, 5) is 25.9. The fourth-order valence-electron chi connectivity index (χ4n) is 3.53. The van der Waals surface area contributed by atoms with Crippen LogP contribution in [0.5, 0.6) is 0 Å². The number of hydrogen-bond acceptors (Lipinski definition) is 2. The first-order valence-corrected chi connectivity index (χ1v) is 8.70. The number of primary amides is 1. The number of rotatable bonds is 5. The SMILES string of the molecule is NC(=O)CN(C(=O)[C@@H]1C[C@@H]1c1ccc(Br)cc1)C1CCCC1. The third-order valence-electron chi connectivity index (χ3n) is 4.78. The van der Waals surface area contributed by atoms with E-state index in [4.69, 9.17) is 5.73 Å². The van der Waals surface area contributed by atoms with E-state index in [0.717, 1.165) is 36.6 Å². The lowest BCUT2D eigenvalue weighted by atomic mass is 10.1. The Hall–Kier alpha value is -1.36. The van der Waals surface area contributed by atoms with Crippen molar-refractivity contribution in [1.29, 1.82) is 0 Å². The van der Waals surface area contributed by atoms with Gasteiger partial charge in [-0.05, 0) is 42.9 Å². The fraction of sp³-hybridized carbons (Fsp3) is 0.529. The van der Waals surface area contributed by atoms with Gasteiger partial charge in [-0.25, -0.2) is 0 Å². The Morgan fingerprint density at radius 1 is 1.18 bits per heavy atom. The normalized spacial score (nSPS) is 24.2. The molecule has 3 rings (SSSR count). The molecule has 0 unspecified atom stereocenters. The highest BCUT2D eigenvalue weighted by molar-refractivity contribution is 9.10. The maximum Gasteiger partial charge on any atom is 0.237 e. The average Bonchev–Trinajstić information content (AvgIpc) is 3.10. The zero-order valence-electron chi connectivity index (χ0n) is 12.5. The highest BCUT2D eigenvalue weighted by Gasteiger charge is 2.47. The van der Waals surface area contributed by atoms with E-state index in [1.54, 1.807) is 4.90 Å². The van der Waals surface area contributed by atoms with Gasteiger partial charge in [-0.1, -0.05) is 40.9 Å². The molecule has 0 spiro atoms. The van der Waals surface area contributed by atoms with Crippen LogP contribution in [0.3, 0.4) is 0 Å². The van der Waals surface area contributed by atoms with Crippen LogP contribution in [-0.4, -0.2) is 29.3 Å². The van der Waals surface area contributed by atoms with Gasteiger partial charge in [0.2, 0.25) is 11.8 Å². The maximum absolute atomic E-state index is 12.8. The van der Waals surface area contributed by atoms with Crippen molar-refractivity contribution in [2.75, 3.05) is 6.54 Å². The Bertz CT molecular complexity index is 567. The Morgan fingerprint density at radius 2 is 1.82 bits per heavy atom. The number of carbonyl (C=O) groups is 2. The summed E-state index contributed by atoms with van der Waals surface area (Å²) >= 11 is 3.43. The molecule has 2 saturated carbocycles. The second-order valence-electron chi connectivity index (χ2n) is 6.37. The molecule has 2 fully saturated rings. The Kier molecular flexibility index (Phi) is 4.52. The molecule has 22 heavy (non-hydrogen) atoms.